The summed E-state index contributed by atoms with van der Waals surface area (Å²) in [4.78, 5) is 35.7. The molecule has 0 spiro atoms. The predicted octanol–water partition coefficient (Wildman–Crippen LogP) is 7.22. The first-order chi connectivity index (χ1) is 22.6. The summed E-state index contributed by atoms with van der Waals surface area (Å²) in [6.45, 7) is 11.3. The van der Waals surface area contributed by atoms with E-state index in [4.69, 9.17) is 14.2 Å². The summed E-state index contributed by atoms with van der Waals surface area (Å²) in [6.07, 6.45) is 10.4. The fourth-order valence-corrected chi connectivity index (χ4v) is 6.92. The number of carboxylic acids is 1. The fraction of sp³-hybridized carbons (Fsp3) is 0.514. The monoisotopic (exact) mass is 641 g/mol. The number of carboxylic acid groups (broad SMARTS) is 1. The van der Waals surface area contributed by atoms with Crippen LogP contribution in [0.4, 0.5) is 10.8 Å². The Kier molecular flexibility index (Phi) is 9.96. The van der Waals surface area contributed by atoms with Crippen LogP contribution in [0.1, 0.15) is 81.6 Å². The van der Waals surface area contributed by atoms with E-state index < -0.39 is 11.6 Å². The number of aromatic nitrogens is 2. The number of hydrogen-bond acceptors (Lipinski definition) is 8. The lowest BCUT2D eigenvalue weighted by atomic mass is 9.91. The zero-order valence-corrected chi connectivity index (χ0v) is 27.9. The van der Waals surface area contributed by atoms with Crippen LogP contribution in [0, 0.1) is 5.92 Å². The maximum Gasteiger partial charge on any atom is 0.410 e. The maximum absolute atomic E-state index is 12.5. The van der Waals surface area contributed by atoms with Gasteiger partial charge in [0.15, 0.2) is 0 Å². The Hall–Kier alpha value is -4.18. The van der Waals surface area contributed by atoms with Crippen molar-refractivity contribution < 1.29 is 24.0 Å². The summed E-state index contributed by atoms with van der Waals surface area (Å²) in [7, 11) is 0. The van der Waals surface area contributed by atoms with E-state index in [1.54, 1.807) is 11.0 Å². The molecule has 1 saturated heterocycles. The summed E-state index contributed by atoms with van der Waals surface area (Å²) in [5.74, 6) is 0.525. The molecule has 2 aromatic carbocycles. The zero-order valence-electron chi connectivity index (χ0n) is 27.9. The number of carbonyl (C=O) groups is 2. The van der Waals surface area contributed by atoms with Crippen molar-refractivity contribution in [3.63, 3.8) is 0 Å². The minimum atomic E-state index is -0.981. The number of piperazine rings is 1. The summed E-state index contributed by atoms with van der Waals surface area (Å²) in [5.41, 5.74) is 3.95. The van der Waals surface area contributed by atoms with Crippen molar-refractivity contribution in [3.8, 4) is 22.5 Å². The molecule has 10 nitrogen and oxygen atoms in total. The van der Waals surface area contributed by atoms with Crippen molar-refractivity contribution in [3.05, 3.63) is 59.7 Å². The van der Waals surface area contributed by atoms with Crippen LogP contribution >= 0.6 is 0 Å². The van der Waals surface area contributed by atoms with Gasteiger partial charge in [0.25, 0.3) is 0 Å². The fourth-order valence-electron chi connectivity index (χ4n) is 6.92. The lowest BCUT2D eigenvalue weighted by Gasteiger charge is -2.33. The van der Waals surface area contributed by atoms with Gasteiger partial charge in [-0.05, 0) is 86.9 Å². The molecule has 2 aliphatic heterocycles. The van der Waals surface area contributed by atoms with Gasteiger partial charge < -0.3 is 24.2 Å². The molecule has 47 heavy (non-hydrogen) atoms. The molecule has 1 saturated carbocycles. The Labute approximate surface area is 277 Å². The molecule has 10 heteroatoms. The van der Waals surface area contributed by atoms with Crippen LogP contribution in [-0.4, -0.2) is 88.5 Å². The van der Waals surface area contributed by atoms with Gasteiger partial charge in [-0.2, -0.15) is 4.98 Å². The van der Waals surface area contributed by atoms with Gasteiger partial charge in [-0.1, -0.05) is 67.2 Å². The van der Waals surface area contributed by atoms with Crippen LogP contribution in [0.3, 0.4) is 0 Å². The zero-order chi connectivity index (χ0) is 33.0. The van der Waals surface area contributed by atoms with Crippen LogP contribution in [-0.2, 0) is 4.74 Å². The normalized spacial score (nSPS) is 18.0. The molecule has 3 aliphatic rings. The molecular formula is C37H47N5O5. The van der Waals surface area contributed by atoms with E-state index in [9.17, 15) is 14.7 Å². The largest absolute Gasteiger partial charge is 0.478 e. The first-order valence-electron chi connectivity index (χ1n) is 17.1. The third-order valence-corrected chi connectivity index (χ3v) is 9.55. The quantitative estimate of drug-likeness (QED) is 0.259. The maximum atomic E-state index is 12.5. The summed E-state index contributed by atoms with van der Waals surface area (Å²) in [5, 5.41) is 14.2. The first-order valence-corrected chi connectivity index (χ1v) is 17.1. The van der Waals surface area contributed by atoms with Gasteiger partial charge in [-0.25, -0.2) is 9.59 Å². The number of benzene rings is 2. The van der Waals surface area contributed by atoms with E-state index in [2.05, 4.69) is 15.0 Å². The van der Waals surface area contributed by atoms with Crippen molar-refractivity contribution in [2.75, 3.05) is 50.7 Å². The SMILES string of the molecule is CC(C)(C)OC(=O)N1CC=C(c2cc(-c3ccc(-c4noc(N5CCN(CCCC6CCCC6)CC5)n4)cc3)ccc2C(=O)O)CC1. The van der Waals surface area contributed by atoms with Gasteiger partial charge in [0, 0.05) is 44.8 Å². The molecule has 3 aromatic rings. The molecule has 1 N–H and O–H groups in total. The van der Waals surface area contributed by atoms with Crippen molar-refractivity contribution in [1.29, 1.82) is 0 Å². The highest BCUT2D eigenvalue weighted by Gasteiger charge is 2.26. The van der Waals surface area contributed by atoms with Crippen molar-refractivity contribution in [2.45, 2.75) is 71.3 Å². The number of amides is 1. The lowest BCUT2D eigenvalue weighted by Crippen LogP contribution is -2.46. The van der Waals surface area contributed by atoms with Gasteiger partial charge >= 0.3 is 18.1 Å². The second kappa shape index (κ2) is 14.3. The Morgan fingerprint density at radius 3 is 2.32 bits per heavy atom. The van der Waals surface area contributed by atoms with Crippen LogP contribution in [0.5, 0.6) is 0 Å². The second-order valence-electron chi connectivity index (χ2n) is 14.1. The van der Waals surface area contributed by atoms with E-state index in [1.807, 2.05) is 63.2 Å². The number of aromatic carboxylic acids is 1. The van der Waals surface area contributed by atoms with Gasteiger partial charge in [-0.15, -0.1) is 0 Å². The van der Waals surface area contributed by atoms with Crippen molar-refractivity contribution in [1.82, 2.24) is 19.9 Å². The summed E-state index contributed by atoms with van der Waals surface area (Å²) < 4.78 is 11.2. The van der Waals surface area contributed by atoms with Crippen LogP contribution in [0.15, 0.2) is 53.1 Å². The molecule has 0 atom stereocenters. The molecular weight excluding hydrogens is 594 g/mol. The van der Waals surface area contributed by atoms with Gasteiger partial charge in [0.05, 0.1) is 5.56 Å². The summed E-state index contributed by atoms with van der Waals surface area (Å²) in [6, 6.07) is 13.9. The summed E-state index contributed by atoms with van der Waals surface area (Å²) >= 11 is 0. The molecule has 0 radical (unpaired) electrons. The Morgan fingerprint density at radius 1 is 0.957 bits per heavy atom. The number of rotatable bonds is 9. The molecule has 0 bridgehead atoms. The molecule has 1 aromatic heterocycles. The second-order valence-corrected chi connectivity index (χ2v) is 14.1. The van der Waals surface area contributed by atoms with Crippen molar-refractivity contribution in [2.24, 2.45) is 5.92 Å². The molecule has 6 rings (SSSR count). The molecule has 0 unspecified atom stereocenters. The highest BCUT2D eigenvalue weighted by atomic mass is 16.6. The van der Waals surface area contributed by atoms with E-state index in [-0.39, 0.29) is 11.7 Å². The van der Waals surface area contributed by atoms with Gasteiger partial charge in [0.2, 0.25) is 5.82 Å². The number of carbonyl (C=O) groups excluding carboxylic acids is 1. The number of anilines is 1. The topological polar surface area (TPSA) is 112 Å². The number of ether oxygens (including phenoxy) is 1. The lowest BCUT2D eigenvalue weighted by molar-refractivity contribution is 0.0270. The van der Waals surface area contributed by atoms with Crippen LogP contribution < -0.4 is 4.90 Å². The van der Waals surface area contributed by atoms with Crippen LogP contribution in [0.2, 0.25) is 0 Å². The van der Waals surface area contributed by atoms with Crippen molar-refractivity contribution >= 4 is 23.7 Å². The average molecular weight is 642 g/mol. The molecule has 1 amide bonds. The highest BCUT2D eigenvalue weighted by Crippen LogP contribution is 2.32. The molecule has 3 heterocycles. The standard InChI is InChI=1S/C37H47N5O5/c1-37(2,3)46-36(45)42-19-16-28(17-20-42)32-25-30(14-15-31(32)34(43)44)27-10-12-29(13-11-27)33-38-35(47-39-33)41-23-21-40(22-24-41)18-6-9-26-7-4-5-8-26/h10-16,25-26H,4-9,17-24H2,1-3H3,(H,43,44). The average Bonchev–Trinajstić information content (AvgIpc) is 3.78. The third-order valence-electron chi connectivity index (χ3n) is 9.55. The Bertz CT molecular complexity index is 1580. The Balaban J connectivity index is 1.08. The highest BCUT2D eigenvalue weighted by molar-refractivity contribution is 5.95. The minimum Gasteiger partial charge on any atom is -0.478 e. The number of hydrogen-bond donors (Lipinski definition) is 1. The molecule has 2 fully saturated rings. The van der Waals surface area contributed by atoms with E-state index >= 15 is 0 Å². The van der Waals surface area contributed by atoms with Gasteiger partial charge in [0.1, 0.15) is 5.60 Å². The van der Waals surface area contributed by atoms with E-state index in [0.717, 1.165) is 54.4 Å². The minimum absolute atomic E-state index is 0.242. The smallest absolute Gasteiger partial charge is 0.410 e. The number of nitrogens with zero attached hydrogens (tertiary/aromatic N) is 5. The predicted molar refractivity (Wildman–Crippen MR) is 182 cm³/mol. The Morgan fingerprint density at radius 2 is 1.66 bits per heavy atom. The first kappa shape index (κ1) is 32.7. The van der Waals surface area contributed by atoms with Gasteiger partial charge in [-0.3, -0.25) is 4.90 Å². The van der Waals surface area contributed by atoms with E-state index in [0.29, 0.717) is 36.9 Å². The molecule has 1 aliphatic carbocycles. The van der Waals surface area contributed by atoms with Crippen LogP contribution in [0.25, 0.3) is 28.1 Å². The molecule has 250 valence electrons. The third kappa shape index (κ3) is 8.22. The van der Waals surface area contributed by atoms with E-state index in [1.165, 1.54) is 45.1 Å².